The molecule has 0 spiro atoms. The van der Waals surface area contributed by atoms with E-state index < -0.39 is 5.97 Å². The molecule has 1 aliphatic rings. The summed E-state index contributed by atoms with van der Waals surface area (Å²) >= 11 is 1.29. The van der Waals surface area contributed by atoms with Crippen molar-refractivity contribution in [1.29, 1.82) is 0 Å². The highest BCUT2D eigenvalue weighted by Crippen LogP contribution is 2.30. The first-order chi connectivity index (χ1) is 11.2. The summed E-state index contributed by atoms with van der Waals surface area (Å²) in [5.41, 5.74) is 0.507. The quantitative estimate of drug-likeness (QED) is 0.671. The number of methoxy groups -OCH3 is 1. The second-order valence-electron chi connectivity index (χ2n) is 6.75. The van der Waals surface area contributed by atoms with E-state index in [0.29, 0.717) is 17.1 Å². The second kappa shape index (κ2) is 7.27. The first-order valence-corrected chi connectivity index (χ1v) is 8.87. The Bertz CT molecular complexity index is 691. The summed E-state index contributed by atoms with van der Waals surface area (Å²) in [5.74, 6) is 5.92. The fourth-order valence-electron chi connectivity index (χ4n) is 2.43. The van der Waals surface area contributed by atoms with Crippen molar-refractivity contribution in [3.63, 3.8) is 0 Å². The van der Waals surface area contributed by atoms with Gasteiger partial charge in [-0.2, -0.15) is 0 Å². The number of nitrogens with zero attached hydrogens (tertiary/aromatic N) is 1. The van der Waals surface area contributed by atoms with Gasteiger partial charge in [0.25, 0.3) is 0 Å². The normalized spacial score (nSPS) is 17.5. The summed E-state index contributed by atoms with van der Waals surface area (Å²) in [6.07, 6.45) is 0.728. The summed E-state index contributed by atoms with van der Waals surface area (Å²) in [7, 11) is 1.35. The average molecular weight is 348 g/mol. The minimum Gasteiger partial charge on any atom is -0.465 e. The summed E-state index contributed by atoms with van der Waals surface area (Å²) in [6.45, 7) is 9.50. The molecule has 130 valence electrons. The molecule has 2 rings (SSSR count). The lowest BCUT2D eigenvalue weighted by molar-refractivity contribution is -0.128. The van der Waals surface area contributed by atoms with E-state index in [4.69, 9.17) is 4.74 Å². The maximum absolute atomic E-state index is 12.3. The lowest BCUT2D eigenvalue weighted by Crippen LogP contribution is -2.33. The van der Waals surface area contributed by atoms with Crippen LogP contribution in [-0.4, -0.2) is 43.0 Å². The highest BCUT2D eigenvalue weighted by Gasteiger charge is 2.31. The zero-order valence-electron chi connectivity index (χ0n) is 14.9. The Morgan fingerprint density at radius 2 is 2.21 bits per heavy atom. The van der Waals surface area contributed by atoms with Crippen molar-refractivity contribution in [3.8, 4) is 11.8 Å². The Labute approximate surface area is 147 Å². The highest BCUT2D eigenvalue weighted by atomic mass is 32.1. The molecule has 1 aliphatic heterocycles. The number of nitrogens with one attached hydrogen (secondary N) is 1. The van der Waals surface area contributed by atoms with Gasteiger partial charge in [0.05, 0.1) is 17.7 Å². The van der Waals surface area contributed by atoms with E-state index >= 15 is 0 Å². The Morgan fingerprint density at radius 3 is 2.75 bits per heavy atom. The van der Waals surface area contributed by atoms with Crippen molar-refractivity contribution >= 4 is 28.9 Å². The summed E-state index contributed by atoms with van der Waals surface area (Å²) in [4.78, 5) is 27.4. The third-order valence-electron chi connectivity index (χ3n) is 3.67. The molecule has 1 aromatic rings. The van der Waals surface area contributed by atoms with Crippen molar-refractivity contribution in [1.82, 2.24) is 4.90 Å². The molecule has 0 radical (unpaired) electrons. The molecule has 0 saturated carbocycles. The van der Waals surface area contributed by atoms with Gasteiger partial charge >= 0.3 is 5.97 Å². The van der Waals surface area contributed by atoms with Crippen LogP contribution in [0.15, 0.2) is 6.07 Å². The molecule has 1 aromatic heterocycles. The predicted molar refractivity (Wildman–Crippen MR) is 96.3 cm³/mol. The van der Waals surface area contributed by atoms with Gasteiger partial charge in [-0.3, -0.25) is 4.79 Å². The number of esters is 1. The van der Waals surface area contributed by atoms with Crippen molar-refractivity contribution in [3.05, 3.63) is 15.8 Å². The van der Waals surface area contributed by atoms with Gasteiger partial charge in [-0.15, -0.1) is 11.3 Å². The first-order valence-electron chi connectivity index (χ1n) is 8.05. The highest BCUT2D eigenvalue weighted by molar-refractivity contribution is 7.15. The standard InChI is InChI=1S/C18H24N2O3S/c1-6-20-10-8-13(16(20)21)19-14-11-12(7-9-18(2,3)4)24-15(14)17(22)23-5/h11,13,19H,6,8,10H2,1-5H3/t13-/m0/s1. The van der Waals surface area contributed by atoms with Crippen molar-refractivity contribution in [2.75, 3.05) is 25.5 Å². The fourth-order valence-corrected chi connectivity index (χ4v) is 3.32. The molecule has 2 heterocycles. The van der Waals surface area contributed by atoms with Gasteiger partial charge in [0.2, 0.25) is 5.91 Å². The zero-order chi connectivity index (χ0) is 17.9. The van der Waals surface area contributed by atoms with Gasteiger partial charge in [-0.1, -0.05) is 11.8 Å². The Morgan fingerprint density at radius 1 is 1.50 bits per heavy atom. The van der Waals surface area contributed by atoms with E-state index in [1.165, 1.54) is 18.4 Å². The SMILES string of the molecule is CCN1CC[C@H](Nc2cc(C#CC(C)(C)C)sc2C(=O)OC)C1=O. The predicted octanol–water partition coefficient (Wildman–Crippen LogP) is 2.97. The van der Waals surface area contributed by atoms with E-state index in [0.717, 1.165) is 17.8 Å². The van der Waals surface area contributed by atoms with E-state index in [1.807, 2.05) is 38.7 Å². The number of likely N-dealkylation sites (N-methyl/N-ethyl adjacent to an activating group) is 1. The van der Waals surface area contributed by atoms with Gasteiger partial charge in [0.1, 0.15) is 10.9 Å². The molecule has 1 amide bonds. The van der Waals surface area contributed by atoms with Crippen LogP contribution >= 0.6 is 11.3 Å². The molecule has 1 atom stereocenters. The van der Waals surface area contributed by atoms with Crippen molar-refractivity contribution in [2.45, 2.75) is 40.2 Å². The molecule has 0 unspecified atom stereocenters. The first kappa shape index (κ1) is 18.3. The number of hydrogen-bond acceptors (Lipinski definition) is 5. The van der Waals surface area contributed by atoms with Crippen LogP contribution in [-0.2, 0) is 9.53 Å². The molecule has 1 N–H and O–H groups in total. The van der Waals surface area contributed by atoms with Gasteiger partial charge in [0.15, 0.2) is 0 Å². The van der Waals surface area contributed by atoms with Crippen molar-refractivity contribution in [2.24, 2.45) is 5.41 Å². The number of carbonyl (C=O) groups excluding carboxylic acids is 2. The number of likely N-dealkylation sites (tertiary alicyclic amines) is 1. The Balaban J connectivity index is 2.27. The maximum Gasteiger partial charge on any atom is 0.350 e. The molecule has 0 aromatic carbocycles. The van der Waals surface area contributed by atoms with Crippen LogP contribution in [0.25, 0.3) is 0 Å². The van der Waals surface area contributed by atoms with Gasteiger partial charge < -0.3 is 15.0 Å². The molecule has 1 saturated heterocycles. The van der Waals surface area contributed by atoms with Crippen LogP contribution in [0.5, 0.6) is 0 Å². The van der Waals surface area contributed by atoms with Crippen LogP contribution < -0.4 is 5.32 Å². The van der Waals surface area contributed by atoms with E-state index in [1.54, 1.807) is 0 Å². The van der Waals surface area contributed by atoms with Gasteiger partial charge in [-0.05, 0) is 40.2 Å². The van der Waals surface area contributed by atoms with Crippen LogP contribution in [0.4, 0.5) is 5.69 Å². The molecule has 0 aliphatic carbocycles. The van der Waals surface area contributed by atoms with Crippen LogP contribution in [0.2, 0.25) is 0 Å². The minimum absolute atomic E-state index is 0.0711. The number of anilines is 1. The molecule has 5 nitrogen and oxygen atoms in total. The minimum atomic E-state index is -0.413. The Kier molecular flexibility index (Phi) is 5.55. The monoisotopic (exact) mass is 348 g/mol. The molecule has 6 heteroatoms. The van der Waals surface area contributed by atoms with Crippen LogP contribution in [0.3, 0.4) is 0 Å². The van der Waals surface area contributed by atoms with E-state index in [-0.39, 0.29) is 17.4 Å². The summed E-state index contributed by atoms with van der Waals surface area (Å²) < 4.78 is 4.86. The van der Waals surface area contributed by atoms with E-state index in [2.05, 4.69) is 17.2 Å². The molecule has 0 bridgehead atoms. The lowest BCUT2D eigenvalue weighted by atomic mass is 9.98. The summed E-state index contributed by atoms with van der Waals surface area (Å²) in [5, 5.41) is 3.21. The number of thiophene rings is 1. The fraction of sp³-hybridized carbons (Fsp3) is 0.556. The smallest absolute Gasteiger partial charge is 0.350 e. The summed E-state index contributed by atoms with van der Waals surface area (Å²) in [6, 6.07) is 1.53. The third-order valence-corrected chi connectivity index (χ3v) is 4.70. The number of amides is 1. The largest absolute Gasteiger partial charge is 0.465 e. The third kappa shape index (κ3) is 4.30. The van der Waals surface area contributed by atoms with E-state index in [9.17, 15) is 9.59 Å². The number of hydrogen-bond donors (Lipinski definition) is 1. The number of carbonyl (C=O) groups is 2. The topological polar surface area (TPSA) is 58.6 Å². The molecule has 1 fully saturated rings. The zero-order valence-corrected chi connectivity index (χ0v) is 15.7. The molecule has 24 heavy (non-hydrogen) atoms. The average Bonchev–Trinajstić information content (AvgIpc) is 3.08. The van der Waals surface area contributed by atoms with Crippen LogP contribution in [0, 0.1) is 17.3 Å². The van der Waals surface area contributed by atoms with Crippen LogP contribution in [0.1, 0.15) is 48.7 Å². The van der Waals surface area contributed by atoms with Gasteiger partial charge in [-0.25, -0.2) is 4.79 Å². The maximum atomic E-state index is 12.3. The second-order valence-corrected chi connectivity index (χ2v) is 7.80. The lowest BCUT2D eigenvalue weighted by Gasteiger charge is -2.15. The van der Waals surface area contributed by atoms with Gasteiger partial charge in [0, 0.05) is 18.5 Å². The Hall–Kier alpha value is -2.00. The van der Waals surface area contributed by atoms with Crippen molar-refractivity contribution < 1.29 is 14.3 Å². The number of ether oxygens (including phenoxy) is 1. The molecular weight excluding hydrogens is 324 g/mol. The molecular formula is C18H24N2O3S. The number of rotatable bonds is 4.